The normalized spacial score (nSPS) is 10.4. The van der Waals surface area contributed by atoms with Gasteiger partial charge >= 0.3 is 0 Å². The minimum absolute atomic E-state index is 0.795. The SMILES string of the molecule is CCCOC=Cc1ccccc1. The van der Waals surface area contributed by atoms with E-state index in [-0.39, 0.29) is 0 Å². The molecule has 0 unspecified atom stereocenters. The number of rotatable bonds is 4. The maximum Gasteiger partial charge on any atom is 0.0870 e. The largest absolute Gasteiger partial charge is 0.501 e. The van der Waals surface area contributed by atoms with Crippen LogP contribution < -0.4 is 0 Å². The Morgan fingerprint density at radius 2 is 2.00 bits per heavy atom. The molecular formula is C11H14O. The lowest BCUT2D eigenvalue weighted by atomic mass is 10.2. The smallest absolute Gasteiger partial charge is 0.0870 e. The molecule has 0 aromatic heterocycles. The van der Waals surface area contributed by atoms with Crippen molar-refractivity contribution in [3.63, 3.8) is 0 Å². The second kappa shape index (κ2) is 5.42. The molecule has 1 nitrogen and oxygen atoms in total. The molecule has 0 N–H and O–H groups in total. The standard InChI is InChI=1S/C11H14O/c1-2-9-12-10-8-11-6-4-3-5-7-11/h3-8,10H,2,9H2,1H3. The van der Waals surface area contributed by atoms with Gasteiger partial charge in [-0.1, -0.05) is 37.3 Å². The molecule has 0 atom stereocenters. The fourth-order valence-corrected chi connectivity index (χ4v) is 0.877. The molecule has 0 amide bonds. The molecule has 1 heteroatoms. The average molecular weight is 162 g/mol. The Hall–Kier alpha value is -1.24. The van der Waals surface area contributed by atoms with Crippen LogP contribution in [0.3, 0.4) is 0 Å². The summed E-state index contributed by atoms with van der Waals surface area (Å²) in [6, 6.07) is 10.1. The summed E-state index contributed by atoms with van der Waals surface area (Å²) in [4.78, 5) is 0. The van der Waals surface area contributed by atoms with Gasteiger partial charge in [0.1, 0.15) is 0 Å². The lowest BCUT2D eigenvalue weighted by Gasteiger charge is -1.95. The Morgan fingerprint density at radius 3 is 2.67 bits per heavy atom. The fourth-order valence-electron chi connectivity index (χ4n) is 0.877. The maximum atomic E-state index is 5.21. The predicted octanol–water partition coefficient (Wildman–Crippen LogP) is 3.08. The van der Waals surface area contributed by atoms with Gasteiger partial charge in [-0.15, -0.1) is 0 Å². The third-order valence-corrected chi connectivity index (χ3v) is 1.48. The van der Waals surface area contributed by atoms with Gasteiger partial charge in [0.15, 0.2) is 0 Å². The number of benzene rings is 1. The highest BCUT2D eigenvalue weighted by Gasteiger charge is 1.81. The third kappa shape index (κ3) is 3.24. The number of hydrogen-bond acceptors (Lipinski definition) is 1. The fraction of sp³-hybridized carbons (Fsp3) is 0.273. The monoisotopic (exact) mass is 162 g/mol. The summed E-state index contributed by atoms with van der Waals surface area (Å²) in [6.45, 7) is 2.89. The molecule has 1 rings (SSSR count). The average Bonchev–Trinajstić information content (AvgIpc) is 2.14. The van der Waals surface area contributed by atoms with E-state index in [0.29, 0.717) is 0 Å². The minimum atomic E-state index is 0.795. The van der Waals surface area contributed by atoms with Crippen LogP contribution in [0, 0.1) is 0 Å². The van der Waals surface area contributed by atoms with E-state index in [1.165, 1.54) is 5.56 Å². The van der Waals surface area contributed by atoms with Crippen LogP contribution in [0.4, 0.5) is 0 Å². The molecule has 0 spiro atoms. The molecule has 1 aromatic rings. The Kier molecular flexibility index (Phi) is 4.00. The van der Waals surface area contributed by atoms with Crippen molar-refractivity contribution in [2.45, 2.75) is 13.3 Å². The first-order valence-corrected chi connectivity index (χ1v) is 4.26. The van der Waals surface area contributed by atoms with Crippen molar-refractivity contribution in [2.24, 2.45) is 0 Å². The van der Waals surface area contributed by atoms with E-state index in [4.69, 9.17) is 4.74 Å². The first kappa shape index (κ1) is 8.85. The molecule has 0 aliphatic heterocycles. The van der Waals surface area contributed by atoms with Gasteiger partial charge < -0.3 is 4.74 Å². The molecule has 0 aliphatic carbocycles. The topological polar surface area (TPSA) is 9.23 Å². The Morgan fingerprint density at radius 1 is 1.25 bits per heavy atom. The van der Waals surface area contributed by atoms with E-state index < -0.39 is 0 Å². The van der Waals surface area contributed by atoms with E-state index in [1.807, 2.05) is 36.4 Å². The van der Waals surface area contributed by atoms with Gasteiger partial charge in [0.05, 0.1) is 12.9 Å². The summed E-state index contributed by atoms with van der Waals surface area (Å²) < 4.78 is 5.21. The van der Waals surface area contributed by atoms with Gasteiger partial charge in [0.2, 0.25) is 0 Å². The minimum Gasteiger partial charge on any atom is -0.501 e. The van der Waals surface area contributed by atoms with Gasteiger partial charge in [0.25, 0.3) is 0 Å². The van der Waals surface area contributed by atoms with Crippen molar-refractivity contribution in [3.8, 4) is 0 Å². The zero-order valence-electron chi connectivity index (χ0n) is 7.36. The van der Waals surface area contributed by atoms with E-state index in [1.54, 1.807) is 6.26 Å². The second-order valence-corrected chi connectivity index (χ2v) is 2.58. The molecule has 1 aromatic carbocycles. The summed E-state index contributed by atoms with van der Waals surface area (Å²) in [5.74, 6) is 0. The highest BCUT2D eigenvalue weighted by atomic mass is 16.5. The van der Waals surface area contributed by atoms with Crippen LogP contribution in [0.1, 0.15) is 18.9 Å². The van der Waals surface area contributed by atoms with Crippen LogP contribution in [0.15, 0.2) is 36.6 Å². The Bertz CT molecular complexity index is 226. The summed E-state index contributed by atoms with van der Waals surface area (Å²) in [6.07, 6.45) is 4.77. The van der Waals surface area contributed by atoms with E-state index >= 15 is 0 Å². The highest BCUT2D eigenvalue weighted by molar-refractivity contribution is 5.47. The molecule has 64 valence electrons. The molecular weight excluding hydrogens is 148 g/mol. The highest BCUT2D eigenvalue weighted by Crippen LogP contribution is 2.00. The lowest BCUT2D eigenvalue weighted by Crippen LogP contribution is -1.81. The molecule has 0 saturated heterocycles. The van der Waals surface area contributed by atoms with Crippen molar-refractivity contribution in [1.29, 1.82) is 0 Å². The molecule has 0 bridgehead atoms. The van der Waals surface area contributed by atoms with Gasteiger partial charge in [0, 0.05) is 0 Å². The summed E-state index contributed by atoms with van der Waals surface area (Å²) >= 11 is 0. The zero-order chi connectivity index (χ0) is 8.65. The van der Waals surface area contributed by atoms with Crippen molar-refractivity contribution >= 4 is 6.08 Å². The Balaban J connectivity index is 2.36. The lowest BCUT2D eigenvalue weighted by molar-refractivity contribution is 0.252. The van der Waals surface area contributed by atoms with Gasteiger partial charge in [-0.05, 0) is 18.1 Å². The Labute approximate surface area is 73.7 Å². The third-order valence-electron chi connectivity index (χ3n) is 1.48. The molecule has 0 radical (unpaired) electrons. The van der Waals surface area contributed by atoms with Gasteiger partial charge in [-0.2, -0.15) is 0 Å². The quantitative estimate of drug-likeness (QED) is 0.488. The number of ether oxygens (including phenoxy) is 1. The van der Waals surface area contributed by atoms with Crippen LogP contribution >= 0.6 is 0 Å². The molecule has 0 aliphatic rings. The first-order chi connectivity index (χ1) is 5.93. The van der Waals surface area contributed by atoms with Crippen molar-refractivity contribution < 1.29 is 4.74 Å². The number of hydrogen-bond donors (Lipinski definition) is 0. The van der Waals surface area contributed by atoms with Crippen molar-refractivity contribution in [1.82, 2.24) is 0 Å². The second-order valence-electron chi connectivity index (χ2n) is 2.58. The van der Waals surface area contributed by atoms with Crippen LogP contribution in [0.25, 0.3) is 6.08 Å². The van der Waals surface area contributed by atoms with E-state index in [2.05, 4.69) is 6.92 Å². The molecule has 12 heavy (non-hydrogen) atoms. The summed E-state index contributed by atoms with van der Waals surface area (Å²) in [7, 11) is 0. The van der Waals surface area contributed by atoms with Gasteiger partial charge in [-0.3, -0.25) is 0 Å². The zero-order valence-corrected chi connectivity index (χ0v) is 7.36. The first-order valence-electron chi connectivity index (χ1n) is 4.26. The summed E-state index contributed by atoms with van der Waals surface area (Å²) in [5, 5.41) is 0. The van der Waals surface area contributed by atoms with Gasteiger partial charge in [-0.25, -0.2) is 0 Å². The van der Waals surface area contributed by atoms with E-state index in [0.717, 1.165) is 13.0 Å². The van der Waals surface area contributed by atoms with Crippen LogP contribution in [0.5, 0.6) is 0 Å². The van der Waals surface area contributed by atoms with Crippen molar-refractivity contribution in [3.05, 3.63) is 42.2 Å². The molecule has 0 saturated carbocycles. The predicted molar refractivity (Wildman–Crippen MR) is 51.7 cm³/mol. The van der Waals surface area contributed by atoms with E-state index in [9.17, 15) is 0 Å². The van der Waals surface area contributed by atoms with Crippen LogP contribution in [-0.2, 0) is 4.74 Å². The molecule has 0 fully saturated rings. The maximum absolute atomic E-state index is 5.21. The summed E-state index contributed by atoms with van der Waals surface area (Å²) in [5.41, 5.74) is 1.17. The van der Waals surface area contributed by atoms with Crippen molar-refractivity contribution in [2.75, 3.05) is 6.61 Å². The van der Waals surface area contributed by atoms with Crippen LogP contribution in [0.2, 0.25) is 0 Å². The molecule has 0 heterocycles. The van der Waals surface area contributed by atoms with Crippen LogP contribution in [-0.4, -0.2) is 6.61 Å².